The molecule has 1 aromatic heterocycles. The van der Waals surface area contributed by atoms with E-state index in [0.717, 1.165) is 12.8 Å². The van der Waals surface area contributed by atoms with E-state index in [9.17, 15) is 4.79 Å². The van der Waals surface area contributed by atoms with Crippen LogP contribution in [0.2, 0.25) is 5.02 Å². The summed E-state index contributed by atoms with van der Waals surface area (Å²) in [6, 6.07) is 5.60. The summed E-state index contributed by atoms with van der Waals surface area (Å²) < 4.78 is 11.1. The number of amides is 1. The van der Waals surface area contributed by atoms with Crippen LogP contribution in [-0.4, -0.2) is 28.5 Å². The molecule has 1 atom stereocenters. The maximum absolute atomic E-state index is 10.9. The molecular weight excluding hydrogens is 342 g/mol. The van der Waals surface area contributed by atoms with Gasteiger partial charge < -0.3 is 14.8 Å². The Kier molecular flexibility index (Phi) is 7.01. The molecule has 25 heavy (non-hydrogen) atoms. The third-order valence-electron chi connectivity index (χ3n) is 3.28. The zero-order valence-electron chi connectivity index (χ0n) is 14.6. The molecule has 2 aromatic rings. The highest BCUT2D eigenvalue weighted by molar-refractivity contribution is 6.32. The van der Waals surface area contributed by atoms with E-state index in [0.29, 0.717) is 29.1 Å². The molecule has 2 rings (SSSR count). The van der Waals surface area contributed by atoms with Gasteiger partial charge in [-0.3, -0.25) is 4.79 Å². The molecule has 0 radical (unpaired) electrons. The molecule has 0 saturated heterocycles. The summed E-state index contributed by atoms with van der Waals surface area (Å²) in [7, 11) is 0. The quantitative estimate of drug-likeness (QED) is 0.772. The van der Waals surface area contributed by atoms with Crippen LogP contribution >= 0.6 is 11.6 Å². The molecule has 1 aromatic carbocycles. The van der Waals surface area contributed by atoms with E-state index in [1.165, 1.54) is 24.9 Å². The molecule has 0 bridgehead atoms. The Balaban J connectivity index is 1.93. The first-order valence-electron chi connectivity index (χ1n) is 8.16. The number of hydrogen-bond donors (Lipinski definition) is 1. The highest BCUT2D eigenvalue weighted by Gasteiger charge is 2.08. The van der Waals surface area contributed by atoms with Crippen molar-refractivity contribution in [1.29, 1.82) is 0 Å². The molecule has 0 fully saturated rings. The Bertz CT molecular complexity index is 707. The van der Waals surface area contributed by atoms with Crippen molar-refractivity contribution < 1.29 is 14.3 Å². The van der Waals surface area contributed by atoms with E-state index < -0.39 is 0 Å². The number of ether oxygens (including phenoxy) is 2. The average molecular weight is 364 g/mol. The molecule has 1 N–H and O–H groups in total. The van der Waals surface area contributed by atoms with Crippen LogP contribution in [0.4, 0.5) is 0 Å². The van der Waals surface area contributed by atoms with Crippen molar-refractivity contribution in [1.82, 2.24) is 15.3 Å². The molecule has 6 nitrogen and oxygen atoms in total. The van der Waals surface area contributed by atoms with Gasteiger partial charge in [0.25, 0.3) is 0 Å². The summed E-state index contributed by atoms with van der Waals surface area (Å²) in [6.07, 6.45) is 4.97. The van der Waals surface area contributed by atoms with Crippen LogP contribution in [0.3, 0.4) is 0 Å². The van der Waals surface area contributed by atoms with Gasteiger partial charge in [-0.05, 0) is 31.0 Å². The highest BCUT2D eigenvalue weighted by Crippen LogP contribution is 2.29. The zero-order valence-corrected chi connectivity index (χ0v) is 15.3. The van der Waals surface area contributed by atoms with Gasteiger partial charge in [-0.1, -0.05) is 31.0 Å². The van der Waals surface area contributed by atoms with Crippen molar-refractivity contribution in [2.75, 3.05) is 6.61 Å². The first kappa shape index (κ1) is 19.0. The summed E-state index contributed by atoms with van der Waals surface area (Å²) >= 11 is 6.24. The van der Waals surface area contributed by atoms with Crippen LogP contribution in [0.5, 0.6) is 17.5 Å². The second-order valence-corrected chi connectivity index (χ2v) is 6.13. The first-order chi connectivity index (χ1) is 12.0. The molecule has 1 amide bonds. The van der Waals surface area contributed by atoms with Crippen molar-refractivity contribution >= 4 is 17.5 Å². The van der Waals surface area contributed by atoms with Crippen LogP contribution in [0.15, 0.2) is 30.6 Å². The molecule has 0 aliphatic heterocycles. The van der Waals surface area contributed by atoms with Gasteiger partial charge in [0.2, 0.25) is 17.7 Å². The third kappa shape index (κ3) is 6.23. The Morgan fingerprint density at radius 2 is 2.00 bits per heavy atom. The smallest absolute Gasteiger partial charge is 0.238 e. The number of carbonyl (C=O) groups is 1. The number of aryl methyl sites for hydroxylation is 1. The number of rotatable bonds is 8. The molecule has 0 spiro atoms. The molecule has 1 unspecified atom stereocenters. The second-order valence-electron chi connectivity index (χ2n) is 5.72. The van der Waals surface area contributed by atoms with Gasteiger partial charge >= 0.3 is 0 Å². The minimum Gasteiger partial charge on any atom is -0.474 e. The van der Waals surface area contributed by atoms with Crippen LogP contribution < -0.4 is 14.8 Å². The standard InChI is InChI=1S/C18H22ClN3O3/c1-4-5-14-6-7-16(15(19)8-14)25-18-10-20-17(9-21-18)24-11-12(2)22-13(3)23/h6-10,12H,4-5,11H2,1-3H3,(H,22,23). The van der Waals surface area contributed by atoms with Gasteiger partial charge in [-0.2, -0.15) is 0 Å². The minimum atomic E-state index is -0.115. The highest BCUT2D eigenvalue weighted by atomic mass is 35.5. The summed E-state index contributed by atoms with van der Waals surface area (Å²) in [5, 5.41) is 3.26. The van der Waals surface area contributed by atoms with Gasteiger partial charge in [0, 0.05) is 6.92 Å². The number of hydrogen-bond acceptors (Lipinski definition) is 5. The van der Waals surface area contributed by atoms with E-state index in [4.69, 9.17) is 21.1 Å². The largest absolute Gasteiger partial charge is 0.474 e. The summed E-state index contributed by atoms with van der Waals surface area (Å²) in [4.78, 5) is 19.2. The predicted molar refractivity (Wildman–Crippen MR) is 96.3 cm³/mol. The van der Waals surface area contributed by atoms with E-state index >= 15 is 0 Å². The van der Waals surface area contributed by atoms with Crippen LogP contribution in [0, 0.1) is 0 Å². The number of nitrogens with zero attached hydrogens (tertiary/aromatic N) is 2. The summed E-state index contributed by atoms with van der Waals surface area (Å²) in [5.74, 6) is 1.11. The number of halogens is 1. The lowest BCUT2D eigenvalue weighted by atomic mass is 10.1. The summed E-state index contributed by atoms with van der Waals surface area (Å²) in [6.45, 7) is 5.73. The van der Waals surface area contributed by atoms with Crippen molar-refractivity contribution in [2.45, 2.75) is 39.7 Å². The van der Waals surface area contributed by atoms with Crippen LogP contribution in [0.1, 0.15) is 32.8 Å². The van der Waals surface area contributed by atoms with Crippen molar-refractivity contribution in [3.05, 3.63) is 41.2 Å². The topological polar surface area (TPSA) is 73.3 Å². The Hall–Kier alpha value is -2.34. The van der Waals surface area contributed by atoms with E-state index in [2.05, 4.69) is 22.2 Å². The Labute approximate surface area is 152 Å². The monoisotopic (exact) mass is 363 g/mol. The van der Waals surface area contributed by atoms with E-state index in [1.54, 1.807) is 0 Å². The second kappa shape index (κ2) is 9.22. The first-order valence-corrected chi connectivity index (χ1v) is 8.54. The molecule has 0 saturated carbocycles. The maximum atomic E-state index is 10.9. The fourth-order valence-electron chi connectivity index (χ4n) is 2.21. The predicted octanol–water partition coefficient (Wildman–Crippen LogP) is 3.78. The normalized spacial score (nSPS) is 11.7. The lowest BCUT2D eigenvalue weighted by Gasteiger charge is -2.13. The van der Waals surface area contributed by atoms with Gasteiger partial charge in [-0.25, -0.2) is 9.97 Å². The number of nitrogens with one attached hydrogen (secondary N) is 1. The molecule has 134 valence electrons. The molecule has 1 heterocycles. The van der Waals surface area contributed by atoms with E-state index in [-0.39, 0.29) is 11.9 Å². The molecular formula is C18H22ClN3O3. The maximum Gasteiger partial charge on any atom is 0.238 e. The van der Waals surface area contributed by atoms with Gasteiger partial charge in [0.1, 0.15) is 12.4 Å². The van der Waals surface area contributed by atoms with E-state index in [1.807, 2.05) is 25.1 Å². The molecule has 0 aliphatic rings. The minimum absolute atomic E-state index is 0.104. The fourth-order valence-corrected chi connectivity index (χ4v) is 2.46. The van der Waals surface area contributed by atoms with Gasteiger partial charge in [-0.15, -0.1) is 0 Å². The zero-order chi connectivity index (χ0) is 18.2. The lowest BCUT2D eigenvalue weighted by molar-refractivity contribution is -0.119. The molecule has 7 heteroatoms. The van der Waals surface area contributed by atoms with Crippen LogP contribution in [0.25, 0.3) is 0 Å². The Morgan fingerprint density at radius 1 is 1.28 bits per heavy atom. The third-order valence-corrected chi connectivity index (χ3v) is 3.58. The number of carbonyl (C=O) groups excluding carboxylic acids is 1. The van der Waals surface area contributed by atoms with Gasteiger partial charge in [0.05, 0.1) is 23.5 Å². The SMILES string of the molecule is CCCc1ccc(Oc2cnc(OCC(C)NC(C)=O)cn2)c(Cl)c1. The van der Waals surface area contributed by atoms with Gasteiger partial charge in [0.15, 0.2) is 0 Å². The lowest BCUT2D eigenvalue weighted by Crippen LogP contribution is -2.35. The fraction of sp³-hybridized carbons (Fsp3) is 0.389. The Morgan fingerprint density at radius 3 is 2.60 bits per heavy atom. The molecule has 0 aliphatic carbocycles. The number of benzene rings is 1. The average Bonchev–Trinajstić information content (AvgIpc) is 2.56. The summed E-state index contributed by atoms with van der Waals surface area (Å²) in [5.41, 5.74) is 1.17. The number of aromatic nitrogens is 2. The van der Waals surface area contributed by atoms with Crippen LogP contribution in [-0.2, 0) is 11.2 Å². The van der Waals surface area contributed by atoms with Crippen molar-refractivity contribution in [3.8, 4) is 17.5 Å². The van der Waals surface area contributed by atoms with Crippen molar-refractivity contribution in [3.63, 3.8) is 0 Å². The van der Waals surface area contributed by atoms with Crippen molar-refractivity contribution in [2.24, 2.45) is 0 Å².